The molecule has 2 aromatic rings. The normalized spacial score (nSPS) is 10.1. The molecule has 1 nitrogen and oxygen atoms in total. The van der Waals surface area contributed by atoms with Crippen molar-refractivity contribution in [2.45, 2.75) is 19.9 Å². The van der Waals surface area contributed by atoms with E-state index in [2.05, 4.69) is 60.8 Å². The highest BCUT2D eigenvalue weighted by molar-refractivity contribution is 5.51. The monoisotopic (exact) mass is 211 g/mol. The molecule has 0 aliphatic carbocycles. The molecule has 0 fully saturated rings. The molecule has 0 amide bonds. The Kier molecular flexibility index (Phi) is 3.60. The van der Waals surface area contributed by atoms with E-state index in [0.29, 0.717) is 0 Å². The standard InChI is InChI=1S/C15H17N/c1-2-14-10-6-7-11-15(14)16-12-13-8-4-3-5-9-13/h3-11,16H,2,12H2,1H3. The molecular weight excluding hydrogens is 194 g/mol. The summed E-state index contributed by atoms with van der Waals surface area (Å²) in [5.41, 5.74) is 3.93. The van der Waals surface area contributed by atoms with Gasteiger partial charge in [-0.1, -0.05) is 55.5 Å². The van der Waals surface area contributed by atoms with Gasteiger partial charge >= 0.3 is 0 Å². The second kappa shape index (κ2) is 5.36. The number of hydrogen-bond donors (Lipinski definition) is 1. The summed E-state index contributed by atoms with van der Waals surface area (Å²) in [6.45, 7) is 3.07. The van der Waals surface area contributed by atoms with Crippen LogP contribution in [-0.4, -0.2) is 0 Å². The third-order valence-electron chi connectivity index (χ3n) is 2.72. The zero-order valence-corrected chi connectivity index (χ0v) is 9.61. The summed E-state index contributed by atoms with van der Waals surface area (Å²) in [6, 6.07) is 19.0. The van der Waals surface area contributed by atoms with Crippen molar-refractivity contribution >= 4 is 5.69 Å². The van der Waals surface area contributed by atoms with Gasteiger partial charge in [-0.15, -0.1) is 0 Å². The SMILES string of the molecule is CCc1ccccc1NCc1ccccc1. The summed E-state index contributed by atoms with van der Waals surface area (Å²) < 4.78 is 0. The minimum Gasteiger partial charge on any atom is -0.381 e. The van der Waals surface area contributed by atoms with Crippen LogP contribution in [-0.2, 0) is 13.0 Å². The molecule has 0 unspecified atom stereocenters. The lowest BCUT2D eigenvalue weighted by atomic mass is 10.1. The fraction of sp³-hybridized carbons (Fsp3) is 0.200. The van der Waals surface area contributed by atoms with Crippen molar-refractivity contribution in [3.8, 4) is 0 Å². The van der Waals surface area contributed by atoms with E-state index in [1.165, 1.54) is 16.8 Å². The molecule has 0 atom stereocenters. The highest BCUT2D eigenvalue weighted by Crippen LogP contribution is 2.16. The number of para-hydroxylation sites is 1. The summed E-state index contributed by atoms with van der Waals surface area (Å²) in [5.74, 6) is 0. The predicted molar refractivity (Wildman–Crippen MR) is 69.6 cm³/mol. The molecule has 0 heterocycles. The van der Waals surface area contributed by atoms with Gasteiger partial charge in [-0.25, -0.2) is 0 Å². The zero-order chi connectivity index (χ0) is 11.2. The van der Waals surface area contributed by atoms with Gasteiger partial charge in [0.25, 0.3) is 0 Å². The Labute approximate surface area is 97.1 Å². The van der Waals surface area contributed by atoms with Gasteiger partial charge < -0.3 is 5.32 Å². The average molecular weight is 211 g/mol. The summed E-state index contributed by atoms with van der Waals surface area (Å²) in [7, 11) is 0. The first-order valence-electron chi connectivity index (χ1n) is 5.76. The maximum atomic E-state index is 3.48. The van der Waals surface area contributed by atoms with Crippen molar-refractivity contribution in [1.29, 1.82) is 0 Å². The van der Waals surface area contributed by atoms with Gasteiger partial charge in [0.2, 0.25) is 0 Å². The van der Waals surface area contributed by atoms with Crippen molar-refractivity contribution in [1.82, 2.24) is 0 Å². The van der Waals surface area contributed by atoms with Crippen LogP contribution in [0.2, 0.25) is 0 Å². The summed E-state index contributed by atoms with van der Waals surface area (Å²) >= 11 is 0. The van der Waals surface area contributed by atoms with E-state index in [4.69, 9.17) is 0 Å². The molecule has 0 bridgehead atoms. The van der Waals surface area contributed by atoms with Crippen LogP contribution in [0.25, 0.3) is 0 Å². The molecule has 1 N–H and O–H groups in total. The van der Waals surface area contributed by atoms with Gasteiger partial charge in [0, 0.05) is 12.2 Å². The van der Waals surface area contributed by atoms with Gasteiger partial charge in [-0.3, -0.25) is 0 Å². The first-order valence-corrected chi connectivity index (χ1v) is 5.76. The minimum atomic E-state index is 0.887. The van der Waals surface area contributed by atoms with Crippen LogP contribution in [0.3, 0.4) is 0 Å². The van der Waals surface area contributed by atoms with E-state index in [9.17, 15) is 0 Å². The van der Waals surface area contributed by atoms with Gasteiger partial charge in [0.1, 0.15) is 0 Å². The van der Waals surface area contributed by atoms with Crippen molar-refractivity contribution < 1.29 is 0 Å². The fourth-order valence-corrected chi connectivity index (χ4v) is 1.79. The number of nitrogens with one attached hydrogen (secondary N) is 1. The first-order chi connectivity index (χ1) is 7.90. The third-order valence-corrected chi connectivity index (χ3v) is 2.72. The quantitative estimate of drug-likeness (QED) is 0.809. The molecule has 0 saturated heterocycles. The number of aryl methyl sites for hydroxylation is 1. The average Bonchev–Trinajstić information content (AvgIpc) is 2.38. The zero-order valence-electron chi connectivity index (χ0n) is 9.61. The molecular formula is C15H17N. The Morgan fingerprint density at radius 1 is 0.875 bits per heavy atom. The molecule has 1 heteroatoms. The fourth-order valence-electron chi connectivity index (χ4n) is 1.79. The number of rotatable bonds is 4. The molecule has 0 radical (unpaired) electrons. The summed E-state index contributed by atoms with van der Waals surface area (Å²) in [5, 5.41) is 3.48. The van der Waals surface area contributed by atoms with E-state index in [0.717, 1.165) is 13.0 Å². The second-order valence-corrected chi connectivity index (χ2v) is 3.85. The number of hydrogen-bond acceptors (Lipinski definition) is 1. The van der Waals surface area contributed by atoms with E-state index >= 15 is 0 Å². The van der Waals surface area contributed by atoms with Crippen LogP contribution in [0.15, 0.2) is 54.6 Å². The van der Waals surface area contributed by atoms with Crippen LogP contribution >= 0.6 is 0 Å². The van der Waals surface area contributed by atoms with Gasteiger partial charge in [0.05, 0.1) is 0 Å². The van der Waals surface area contributed by atoms with Crippen LogP contribution in [0.1, 0.15) is 18.1 Å². The Bertz CT molecular complexity index is 434. The molecule has 0 aromatic heterocycles. The van der Waals surface area contributed by atoms with Gasteiger partial charge in [0.15, 0.2) is 0 Å². The molecule has 0 aliphatic rings. The van der Waals surface area contributed by atoms with Gasteiger partial charge in [-0.2, -0.15) is 0 Å². The Morgan fingerprint density at radius 3 is 2.31 bits per heavy atom. The molecule has 82 valence electrons. The van der Waals surface area contributed by atoms with Crippen LogP contribution in [0.4, 0.5) is 5.69 Å². The Balaban J connectivity index is 2.05. The highest BCUT2D eigenvalue weighted by atomic mass is 14.9. The smallest absolute Gasteiger partial charge is 0.0400 e. The largest absolute Gasteiger partial charge is 0.381 e. The van der Waals surface area contributed by atoms with E-state index in [1.807, 2.05) is 6.07 Å². The first kappa shape index (κ1) is 10.7. The Morgan fingerprint density at radius 2 is 1.56 bits per heavy atom. The van der Waals surface area contributed by atoms with Crippen molar-refractivity contribution in [3.63, 3.8) is 0 Å². The Hall–Kier alpha value is -1.76. The molecule has 0 saturated carbocycles. The van der Waals surface area contributed by atoms with Crippen LogP contribution in [0, 0.1) is 0 Å². The molecule has 2 aromatic carbocycles. The molecule has 16 heavy (non-hydrogen) atoms. The van der Waals surface area contributed by atoms with E-state index in [-0.39, 0.29) is 0 Å². The number of benzene rings is 2. The van der Waals surface area contributed by atoms with Crippen molar-refractivity contribution in [2.75, 3.05) is 5.32 Å². The maximum absolute atomic E-state index is 3.48. The van der Waals surface area contributed by atoms with Crippen molar-refractivity contribution in [2.24, 2.45) is 0 Å². The summed E-state index contributed by atoms with van der Waals surface area (Å²) in [6.07, 6.45) is 1.07. The topological polar surface area (TPSA) is 12.0 Å². The van der Waals surface area contributed by atoms with E-state index < -0.39 is 0 Å². The predicted octanol–water partition coefficient (Wildman–Crippen LogP) is 3.86. The van der Waals surface area contributed by atoms with Gasteiger partial charge in [-0.05, 0) is 23.6 Å². The summed E-state index contributed by atoms with van der Waals surface area (Å²) in [4.78, 5) is 0. The van der Waals surface area contributed by atoms with Crippen LogP contribution in [0.5, 0.6) is 0 Å². The molecule has 2 rings (SSSR count). The van der Waals surface area contributed by atoms with E-state index in [1.54, 1.807) is 0 Å². The molecule has 0 aliphatic heterocycles. The minimum absolute atomic E-state index is 0.887. The number of anilines is 1. The lowest BCUT2D eigenvalue weighted by molar-refractivity contribution is 1.09. The third kappa shape index (κ3) is 2.63. The maximum Gasteiger partial charge on any atom is 0.0400 e. The lowest BCUT2D eigenvalue weighted by Crippen LogP contribution is -2.01. The van der Waals surface area contributed by atoms with Crippen molar-refractivity contribution in [3.05, 3.63) is 65.7 Å². The van der Waals surface area contributed by atoms with Crippen LogP contribution < -0.4 is 5.32 Å². The highest BCUT2D eigenvalue weighted by Gasteiger charge is 1.98. The second-order valence-electron chi connectivity index (χ2n) is 3.85. The lowest BCUT2D eigenvalue weighted by Gasteiger charge is -2.10. The molecule has 0 spiro atoms.